The number of hydrogen-bond acceptors (Lipinski definition) is 5. The molecular weight excluding hydrogens is 492 g/mol. The van der Waals surface area contributed by atoms with E-state index in [1.807, 2.05) is 0 Å². The Bertz CT molecular complexity index is 1400. The standard InChI is InChI=1S/C24H15F6N3O3/c1-31-22(34)15-6-11-18-19(12-15)33-21(14-4-9-17(10-5-14)36-24(28,29)30)20(32-18)13-2-7-16(8-3-13)35-23(25,26)27/h2-12H,1H3,(H,31,34). The van der Waals surface area contributed by atoms with Crippen molar-refractivity contribution in [1.29, 1.82) is 0 Å². The molecule has 0 spiro atoms. The Morgan fingerprint density at radius 1 is 0.694 bits per heavy atom. The van der Waals surface area contributed by atoms with Crippen LogP contribution in [0, 0.1) is 0 Å². The van der Waals surface area contributed by atoms with Crippen LogP contribution in [0.3, 0.4) is 0 Å². The summed E-state index contributed by atoms with van der Waals surface area (Å²) in [5, 5.41) is 2.49. The van der Waals surface area contributed by atoms with Gasteiger partial charge in [0.05, 0.1) is 22.4 Å². The van der Waals surface area contributed by atoms with Gasteiger partial charge in [0, 0.05) is 23.7 Å². The van der Waals surface area contributed by atoms with Gasteiger partial charge in [-0.05, 0) is 66.7 Å². The van der Waals surface area contributed by atoms with Gasteiger partial charge in [-0.3, -0.25) is 4.79 Å². The molecule has 1 aromatic heterocycles. The lowest BCUT2D eigenvalue weighted by Gasteiger charge is -2.13. The SMILES string of the molecule is CNC(=O)c1ccc2nc(-c3ccc(OC(F)(F)F)cc3)c(-c3ccc(OC(F)(F)F)cc3)nc2c1. The van der Waals surface area contributed by atoms with Gasteiger partial charge < -0.3 is 14.8 Å². The molecule has 1 amide bonds. The molecule has 1 N–H and O–H groups in total. The van der Waals surface area contributed by atoms with Crippen LogP contribution in [0.15, 0.2) is 66.7 Å². The summed E-state index contributed by atoms with van der Waals surface area (Å²) in [6, 6.07) is 14.4. The Morgan fingerprint density at radius 2 is 1.14 bits per heavy atom. The van der Waals surface area contributed by atoms with E-state index >= 15 is 0 Å². The van der Waals surface area contributed by atoms with Crippen molar-refractivity contribution in [2.24, 2.45) is 0 Å². The van der Waals surface area contributed by atoms with E-state index in [-0.39, 0.29) is 17.3 Å². The number of amides is 1. The number of hydrogen-bond donors (Lipinski definition) is 1. The second-order valence-corrected chi connectivity index (χ2v) is 7.35. The van der Waals surface area contributed by atoms with E-state index in [0.717, 1.165) is 24.3 Å². The van der Waals surface area contributed by atoms with Crippen LogP contribution in [0.5, 0.6) is 11.5 Å². The molecule has 3 aromatic carbocycles. The molecule has 0 fully saturated rings. The molecule has 0 saturated heterocycles. The van der Waals surface area contributed by atoms with Gasteiger partial charge in [0.1, 0.15) is 11.5 Å². The van der Waals surface area contributed by atoms with Gasteiger partial charge in [0.25, 0.3) is 5.91 Å². The first-order valence-corrected chi connectivity index (χ1v) is 10.2. The molecule has 0 radical (unpaired) electrons. The molecule has 4 aromatic rings. The highest BCUT2D eigenvalue weighted by Crippen LogP contribution is 2.34. The lowest BCUT2D eigenvalue weighted by Crippen LogP contribution is -2.17. The summed E-state index contributed by atoms with van der Waals surface area (Å²) in [6.07, 6.45) is -9.73. The number of nitrogens with one attached hydrogen (secondary N) is 1. The monoisotopic (exact) mass is 507 g/mol. The number of ether oxygens (including phenoxy) is 2. The van der Waals surface area contributed by atoms with Crippen LogP contribution in [0.25, 0.3) is 33.5 Å². The highest BCUT2D eigenvalue weighted by atomic mass is 19.4. The summed E-state index contributed by atoms with van der Waals surface area (Å²) in [5.41, 5.74) is 2.21. The fourth-order valence-electron chi connectivity index (χ4n) is 3.37. The summed E-state index contributed by atoms with van der Waals surface area (Å²) < 4.78 is 83.0. The minimum Gasteiger partial charge on any atom is -0.406 e. The molecule has 0 aliphatic rings. The number of rotatable bonds is 5. The van der Waals surface area contributed by atoms with Crippen molar-refractivity contribution in [3.63, 3.8) is 0 Å². The van der Waals surface area contributed by atoms with Crippen molar-refractivity contribution in [3.05, 3.63) is 72.3 Å². The molecule has 186 valence electrons. The Morgan fingerprint density at radius 3 is 1.56 bits per heavy atom. The van der Waals surface area contributed by atoms with Crippen LogP contribution in [-0.2, 0) is 0 Å². The summed E-state index contributed by atoms with van der Waals surface area (Å²) in [4.78, 5) is 21.2. The normalized spacial score (nSPS) is 11.9. The van der Waals surface area contributed by atoms with Crippen LogP contribution in [0.4, 0.5) is 26.3 Å². The summed E-state index contributed by atoms with van der Waals surface area (Å²) in [6.45, 7) is 0. The lowest BCUT2D eigenvalue weighted by atomic mass is 10.0. The first-order valence-electron chi connectivity index (χ1n) is 10.2. The van der Waals surface area contributed by atoms with E-state index in [1.54, 1.807) is 6.07 Å². The third-order valence-corrected chi connectivity index (χ3v) is 4.88. The summed E-state index contributed by atoms with van der Waals surface area (Å²) >= 11 is 0. The van der Waals surface area contributed by atoms with E-state index in [9.17, 15) is 31.1 Å². The first kappa shape index (κ1) is 24.8. The molecule has 1 heterocycles. The van der Waals surface area contributed by atoms with Gasteiger partial charge in [-0.15, -0.1) is 26.3 Å². The predicted octanol–water partition coefficient (Wildman–Crippen LogP) is 6.12. The second-order valence-electron chi connectivity index (χ2n) is 7.35. The maximum absolute atomic E-state index is 12.5. The van der Waals surface area contributed by atoms with Gasteiger partial charge in [-0.2, -0.15) is 0 Å². The quantitative estimate of drug-likeness (QED) is 0.330. The number of carbonyl (C=O) groups excluding carboxylic acids is 1. The fraction of sp³-hybridized carbons (Fsp3) is 0.125. The van der Waals surface area contributed by atoms with Crippen molar-refractivity contribution in [1.82, 2.24) is 15.3 Å². The summed E-state index contributed by atoms with van der Waals surface area (Å²) in [5.74, 6) is -1.25. The van der Waals surface area contributed by atoms with E-state index in [4.69, 9.17) is 0 Å². The predicted molar refractivity (Wildman–Crippen MR) is 117 cm³/mol. The zero-order valence-electron chi connectivity index (χ0n) is 18.2. The van der Waals surface area contributed by atoms with Gasteiger partial charge in [-0.1, -0.05) is 0 Å². The second kappa shape index (κ2) is 9.36. The smallest absolute Gasteiger partial charge is 0.406 e. The van der Waals surface area contributed by atoms with Crippen LogP contribution < -0.4 is 14.8 Å². The molecular formula is C24H15F6N3O3. The Balaban J connectivity index is 1.83. The maximum atomic E-state index is 12.5. The third kappa shape index (κ3) is 5.82. The Kier molecular flexibility index (Phi) is 6.44. The molecule has 0 unspecified atom stereocenters. The number of benzene rings is 3. The topological polar surface area (TPSA) is 73.3 Å². The molecule has 0 bridgehead atoms. The highest BCUT2D eigenvalue weighted by Gasteiger charge is 2.32. The van der Waals surface area contributed by atoms with Crippen LogP contribution in [0.1, 0.15) is 10.4 Å². The summed E-state index contributed by atoms with van der Waals surface area (Å²) in [7, 11) is 1.46. The minimum absolute atomic E-state index is 0.222. The number of halogens is 6. The van der Waals surface area contributed by atoms with Gasteiger partial charge in [-0.25, -0.2) is 9.97 Å². The maximum Gasteiger partial charge on any atom is 0.573 e. The third-order valence-electron chi connectivity index (χ3n) is 4.88. The molecule has 12 heteroatoms. The van der Waals surface area contributed by atoms with Crippen LogP contribution in [0.2, 0.25) is 0 Å². The molecule has 0 aliphatic heterocycles. The van der Waals surface area contributed by atoms with Crippen molar-refractivity contribution in [2.45, 2.75) is 12.7 Å². The van der Waals surface area contributed by atoms with Gasteiger partial charge >= 0.3 is 12.7 Å². The number of aromatic nitrogens is 2. The molecule has 6 nitrogen and oxygen atoms in total. The van der Waals surface area contributed by atoms with Crippen molar-refractivity contribution >= 4 is 16.9 Å². The van der Waals surface area contributed by atoms with E-state index in [0.29, 0.717) is 27.7 Å². The number of fused-ring (bicyclic) bond motifs is 1. The highest BCUT2D eigenvalue weighted by molar-refractivity contribution is 5.98. The Labute approximate surface area is 199 Å². The van der Waals surface area contributed by atoms with Gasteiger partial charge in [0.2, 0.25) is 0 Å². The average molecular weight is 507 g/mol. The number of nitrogens with zero attached hydrogens (tertiary/aromatic N) is 2. The van der Waals surface area contributed by atoms with Gasteiger partial charge in [0.15, 0.2) is 0 Å². The molecule has 0 atom stereocenters. The van der Waals surface area contributed by atoms with Crippen molar-refractivity contribution in [2.75, 3.05) is 7.05 Å². The van der Waals surface area contributed by atoms with Crippen molar-refractivity contribution in [3.8, 4) is 34.0 Å². The van der Waals surface area contributed by atoms with Crippen LogP contribution >= 0.6 is 0 Å². The largest absolute Gasteiger partial charge is 0.573 e. The van der Waals surface area contributed by atoms with E-state index < -0.39 is 24.2 Å². The molecule has 4 rings (SSSR count). The van der Waals surface area contributed by atoms with Crippen LogP contribution in [-0.4, -0.2) is 35.6 Å². The fourth-order valence-corrected chi connectivity index (χ4v) is 3.37. The zero-order valence-corrected chi connectivity index (χ0v) is 18.2. The van der Waals surface area contributed by atoms with E-state index in [1.165, 1.54) is 43.4 Å². The number of alkyl halides is 6. The zero-order chi connectivity index (χ0) is 26.1. The first-order chi connectivity index (χ1) is 16.9. The molecule has 0 aliphatic carbocycles. The van der Waals surface area contributed by atoms with Crippen molar-refractivity contribution < 1.29 is 40.6 Å². The average Bonchev–Trinajstić information content (AvgIpc) is 2.81. The lowest BCUT2D eigenvalue weighted by molar-refractivity contribution is -0.275. The molecule has 36 heavy (non-hydrogen) atoms. The minimum atomic E-state index is -4.87. The van der Waals surface area contributed by atoms with E-state index in [2.05, 4.69) is 24.8 Å². The molecule has 0 saturated carbocycles. The Hall–Kier alpha value is -4.35. The number of carbonyl (C=O) groups is 1.